The van der Waals surface area contributed by atoms with Crippen LogP contribution in [0.1, 0.15) is 34.4 Å². The van der Waals surface area contributed by atoms with Crippen LogP contribution < -0.4 is 11.2 Å². The highest BCUT2D eigenvalue weighted by molar-refractivity contribution is 6.30. The molecule has 0 aliphatic heterocycles. The van der Waals surface area contributed by atoms with E-state index in [1.807, 2.05) is 30.3 Å². The number of halogens is 1. The Hall–Kier alpha value is -3.10. The van der Waals surface area contributed by atoms with Gasteiger partial charge in [-0.25, -0.2) is 4.79 Å². The third-order valence-electron chi connectivity index (χ3n) is 5.89. The molecule has 0 amide bonds. The molecule has 2 aromatic carbocycles. The zero-order valence-corrected chi connectivity index (χ0v) is 17.5. The van der Waals surface area contributed by atoms with Crippen molar-refractivity contribution in [1.29, 1.82) is 5.26 Å². The third kappa shape index (κ3) is 3.96. The van der Waals surface area contributed by atoms with Gasteiger partial charge < -0.3 is 4.57 Å². The maximum atomic E-state index is 13.2. The highest BCUT2D eigenvalue weighted by Crippen LogP contribution is 2.26. The normalized spacial score (nSPS) is 15.4. The molecule has 4 rings (SSSR count). The Morgan fingerprint density at radius 2 is 1.90 bits per heavy atom. The molecule has 152 valence electrons. The summed E-state index contributed by atoms with van der Waals surface area (Å²) < 4.78 is 2.94. The summed E-state index contributed by atoms with van der Waals surface area (Å²) in [4.78, 5) is 26.1. The van der Waals surface area contributed by atoms with Gasteiger partial charge in [-0.1, -0.05) is 35.9 Å². The number of hydrogen-bond acceptors (Lipinski definition) is 3. The molecule has 0 bridgehead atoms. The minimum Gasteiger partial charge on any atom is -0.300 e. The lowest BCUT2D eigenvalue weighted by Gasteiger charge is -2.26. The molecule has 0 radical (unpaired) electrons. The SMILES string of the molecule is Cn1c2c(c(=O)n(Cc3ccc(Cl)cc3)c1=O)CC(Cc1cccc(C#N)c1)CC2. The van der Waals surface area contributed by atoms with Crippen molar-refractivity contribution in [3.8, 4) is 6.07 Å². The molecule has 0 saturated heterocycles. The van der Waals surface area contributed by atoms with Crippen molar-refractivity contribution >= 4 is 11.6 Å². The van der Waals surface area contributed by atoms with Gasteiger partial charge in [0.2, 0.25) is 0 Å². The number of fused-ring (bicyclic) bond motifs is 1. The molecule has 1 atom stereocenters. The number of rotatable bonds is 4. The summed E-state index contributed by atoms with van der Waals surface area (Å²) in [6.45, 7) is 0.227. The number of nitrogens with zero attached hydrogens (tertiary/aromatic N) is 3. The standard InChI is InChI=1S/C24H22ClN3O2/c1-27-22-10-7-18(11-17-3-2-4-19(12-17)14-26)13-21(22)23(29)28(24(27)30)15-16-5-8-20(25)9-6-16/h2-6,8-9,12,18H,7,10-11,13,15H2,1H3. The van der Waals surface area contributed by atoms with Gasteiger partial charge in [0.05, 0.1) is 18.2 Å². The minimum absolute atomic E-state index is 0.196. The Balaban J connectivity index is 1.65. The average Bonchev–Trinajstić information content (AvgIpc) is 2.76. The molecule has 1 aromatic heterocycles. The summed E-state index contributed by atoms with van der Waals surface area (Å²) in [6.07, 6.45) is 3.08. The van der Waals surface area contributed by atoms with Crippen molar-refractivity contribution in [3.63, 3.8) is 0 Å². The van der Waals surface area contributed by atoms with Gasteiger partial charge in [0.15, 0.2) is 0 Å². The Labute approximate surface area is 179 Å². The van der Waals surface area contributed by atoms with Crippen molar-refractivity contribution in [2.45, 2.75) is 32.2 Å². The molecule has 1 heterocycles. The lowest BCUT2D eigenvalue weighted by atomic mass is 9.83. The Kier molecular flexibility index (Phi) is 5.61. The Bertz CT molecular complexity index is 1250. The van der Waals surface area contributed by atoms with E-state index in [1.165, 1.54) is 4.57 Å². The molecular weight excluding hydrogens is 398 g/mol. The van der Waals surface area contributed by atoms with Crippen LogP contribution in [-0.2, 0) is 32.9 Å². The summed E-state index contributed by atoms with van der Waals surface area (Å²) in [5, 5.41) is 9.74. The zero-order valence-electron chi connectivity index (χ0n) is 16.8. The van der Waals surface area contributed by atoms with Crippen LogP contribution in [-0.4, -0.2) is 9.13 Å². The predicted octanol–water partition coefficient (Wildman–Crippen LogP) is 3.47. The van der Waals surface area contributed by atoms with Crippen LogP contribution in [0.4, 0.5) is 0 Å². The fraction of sp³-hybridized carbons (Fsp3) is 0.292. The number of nitriles is 1. The first-order chi connectivity index (χ1) is 14.5. The second kappa shape index (κ2) is 8.33. The van der Waals surface area contributed by atoms with Crippen LogP contribution >= 0.6 is 11.6 Å². The van der Waals surface area contributed by atoms with Crippen molar-refractivity contribution in [2.24, 2.45) is 13.0 Å². The Morgan fingerprint density at radius 1 is 1.13 bits per heavy atom. The van der Waals surface area contributed by atoms with E-state index in [0.717, 1.165) is 35.2 Å². The number of hydrogen-bond donors (Lipinski definition) is 0. The first-order valence-corrected chi connectivity index (χ1v) is 10.4. The molecule has 1 unspecified atom stereocenters. The van der Waals surface area contributed by atoms with Crippen LogP contribution in [0.25, 0.3) is 0 Å². The third-order valence-corrected chi connectivity index (χ3v) is 6.14. The molecule has 0 saturated carbocycles. The topological polar surface area (TPSA) is 67.8 Å². The van der Waals surface area contributed by atoms with Gasteiger partial charge >= 0.3 is 5.69 Å². The second-order valence-electron chi connectivity index (χ2n) is 7.91. The quantitative estimate of drug-likeness (QED) is 0.650. The summed E-state index contributed by atoms with van der Waals surface area (Å²) in [6, 6.07) is 17.0. The fourth-order valence-electron chi connectivity index (χ4n) is 4.31. The van der Waals surface area contributed by atoms with E-state index in [1.54, 1.807) is 29.8 Å². The van der Waals surface area contributed by atoms with Crippen molar-refractivity contribution < 1.29 is 0 Å². The van der Waals surface area contributed by atoms with Gasteiger partial charge in [0.1, 0.15) is 0 Å². The average molecular weight is 420 g/mol. The van der Waals surface area contributed by atoms with Crippen molar-refractivity contribution in [2.75, 3.05) is 0 Å². The molecule has 1 aliphatic rings. The van der Waals surface area contributed by atoms with Crippen LogP contribution in [0.15, 0.2) is 58.1 Å². The van der Waals surface area contributed by atoms with Crippen molar-refractivity contribution in [1.82, 2.24) is 9.13 Å². The van der Waals surface area contributed by atoms with E-state index in [4.69, 9.17) is 16.9 Å². The Morgan fingerprint density at radius 3 is 2.63 bits per heavy atom. The van der Waals surface area contributed by atoms with Crippen LogP contribution in [0.2, 0.25) is 5.02 Å². The number of benzene rings is 2. The molecule has 0 fully saturated rings. The molecular formula is C24H22ClN3O2. The largest absolute Gasteiger partial charge is 0.331 e. The molecule has 0 spiro atoms. The lowest BCUT2D eigenvalue weighted by molar-refractivity contribution is 0.427. The van der Waals surface area contributed by atoms with Gasteiger partial charge in [0.25, 0.3) is 5.56 Å². The summed E-state index contributed by atoms with van der Waals surface area (Å²) in [5.41, 5.74) is 3.72. The van der Waals surface area contributed by atoms with Gasteiger partial charge in [-0.3, -0.25) is 9.36 Å². The van der Waals surface area contributed by atoms with E-state index >= 15 is 0 Å². The highest BCUT2D eigenvalue weighted by atomic mass is 35.5. The smallest absolute Gasteiger partial charge is 0.300 e. The molecule has 6 heteroatoms. The van der Waals surface area contributed by atoms with Gasteiger partial charge in [-0.2, -0.15) is 5.26 Å². The van der Waals surface area contributed by atoms with Crippen LogP contribution in [0.5, 0.6) is 0 Å². The highest BCUT2D eigenvalue weighted by Gasteiger charge is 2.26. The maximum absolute atomic E-state index is 13.2. The molecule has 5 nitrogen and oxygen atoms in total. The lowest BCUT2D eigenvalue weighted by Crippen LogP contribution is -2.44. The summed E-state index contributed by atoms with van der Waals surface area (Å²) in [5.74, 6) is 0.306. The van der Waals surface area contributed by atoms with Crippen LogP contribution in [0, 0.1) is 17.2 Å². The fourth-order valence-corrected chi connectivity index (χ4v) is 4.44. The van der Waals surface area contributed by atoms with E-state index < -0.39 is 0 Å². The van der Waals surface area contributed by atoms with Gasteiger partial charge in [-0.05, 0) is 67.0 Å². The molecule has 30 heavy (non-hydrogen) atoms. The molecule has 0 N–H and O–H groups in total. The minimum atomic E-state index is -0.283. The van der Waals surface area contributed by atoms with Gasteiger partial charge in [-0.15, -0.1) is 0 Å². The molecule has 1 aliphatic carbocycles. The van der Waals surface area contributed by atoms with Crippen molar-refractivity contribution in [3.05, 3.63) is 102 Å². The number of aromatic nitrogens is 2. The van der Waals surface area contributed by atoms with Gasteiger partial charge in [0, 0.05) is 23.3 Å². The first-order valence-electron chi connectivity index (χ1n) is 10.0. The first kappa shape index (κ1) is 20.2. The van der Waals surface area contributed by atoms with E-state index in [9.17, 15) is 9.59 Å². The van der Waals surface area contributed by atoms with Crippen LogP contribution in [0.3, 0.4) is 0 Å². The summed E-state index contributed by atoms with van der Waals surface area (Å²) in [7, 11) is 1.75. The van der Waals surface area contributed by atoms with E-state index in [0.29, 0.717) is 29.3 Å². The maximum Gasteiger partial charge on any atom is 0.331 e. The monoisotopic (exact) mass is 419 g/mol. The second-order valence-corrected chi connectivity index (χ2v) is 8.35. The zero-order chi connectivity index (χ0) is 21.3. The molecule has 3 aromatic rings. The predicted molar refractivity (Wildman–Crippen MR) is 117 cm³/mol. The summed E-state index contributed by atoms with van der Waals surface area (Å²) >= 11 is 5.95. The van der Waals surface area contributed by atoms with E-state index in [-0.39, 0.29) is 17.8 Å². The van der Waals surface area contributed by atoms with E-state index in [2.05, 4.69) is 6.07 Å².